The van der Waals surface area contributed by atoms with Crippen molar-refractivity contribution in [3.05, 3.63) is 24.0 Å². The number of cyclic esters (lactones) is 1. The summed E-state index contributed by atoms with van der Waals surface area (Å²) in [6.07, 6.45) is -0.802. The maximum atomic E-state index is 14.2. The minimum Gasteiger partial charge on any atom is -0.443 e. The van der Waals surface area contributed by atoms with E-state index >= 15 is 0 Å². The minimum atomic E-state index is -0.476. The zero-order chi connectivity index (χ0) is 16.7. The summed E-state index contributed by atoms with van der Waals surface area (Å²) in [6, 6.07) is 4.80. The van der Waals surface area contributed by atoms with E-state index < -0.39 is 6.09 Å². The van der Waals surface area contributed by atoms with Crippen molar-refractivity contribution in [1.29, 1.82) is 0 Å². The van der Waals surface area contributed by atoms with Crippen LogP contribution in [0.4, 0.5) is 20.6 Å². The predicted octanol–water partition coefficient (Wildman–Crippen LogP) is 2.98. The molecule has 1 aromatic carbocycles. The smallest absolute Gasteiger partial charge is 0.414 e. The van der Waals surface area contributed by atoms with E-state index in [1.807, 2.05) is 32.6 Å². The Hall–Kier alpha value is -1.82. The molecule has 1 amide bonds. The van der Waals surface area contributed by atoms with Gasteiger partial charge in [-0.15, -0.1) is 0 Å². The van der Waals surface area contributed by atoms with E-state index in [1.54, 1.807) is 12.1 Å². The van der Waals surface area contributed by atoms with E-state index in [2.05, 4.69) is 0 Å². The Kier molecular flexibility index (Phi) is 7.11. The maximum absolute atomic E-state index is 14.2. The Labute approximate surface area is 131 Å². The first-order valence-corrected chi connectivity index (χ1v) is 7.83. The van der Waals surface area contributed by atoms with Crippen LogP contribution in [0.3, 0.4) is 0 Å². The lowest BCUT2D eigenvalue weighted by Crippen LogP contribution is -2.28. The number of ether oxygens (including phenoxy) is 1. The zero-order valence-electron chi connectivity index (χ0n) is 13.8. The molecule has 0 spiro atoms. The number of nitrogens with zero attached hydrogens (tertiary/aromatic N) is 2. The van der Waals surface area contributed by atoms with E-state index in [0.717, 1.165) is 13.1 Å². The standard InChI is InChI=1S/C14H20FN3O2.C2H6/c1-3-17(4-2)13-6-5-10(7-12(13)15)18-9-11(8-16)20-14(18)19;1-2/h5-7,11H,3-4,8-9,16H2,1-2H3;1-2H3/t11-;/m0./s1. The van der Waals surface area contributed by atoms with Gasteiger partial charge in [-0.25, -0.2) is 9.18 Å². The van der Waals surface area contributed by atoms with Gasteiger partial charge in [-0.3, -0.25) is 4.90 Å². The Morgan fingerprint density at radius 2 is 2.00 bits per heavy atom. The van der Waals surface area contributed by atoms with Crippen molar-refractivity contribution in [2.45, 2.75) is 33.8 Å². The number of benzene rings is 1. The molecule has 0 saturated carbocycles. The van der Waals surface area contributed by atoms with Crippen molar-refractivity contribution in [3.63, 3.8) is 0 Å². The van der Waals surface area contributed by atoms with Gasteiger partial charge in [-0.05, 0) is 32.0 Å². The Balaban J connectivity index is 0.00000116. The van der Waals surface area contributed by atoms with Crippen LogP contribution in [0.25, 0.3) is 0 Å². The molecule has 6 heteroatoms. The Morgan fingerprint density at radius 3 is 2.45 bits per heavy atom. The van der Waals surface area contributed by atoms with Gasteiger partial charge in [0.1, 0.15) is 11.9 Å². The molecule has 0 unspecified atom stereocenters. The summed E-state index contributed by atoms with van der Waals surface area (Å²) in [4.78, 5) is 15.0. The highest BCUT2D eigenvalue weighted by atomic mass is 19.1. The normalized spacial score (nSPS) is 16.9. The number of carbonyl (C=O) groups excluding carboxylic acids is 1. The number of halogens is 1. The van der Waals surface area contributed by atoms with Crippen LogP contribution in [0.5, 0.6) is 0 Å². The second-order valence-electron chi connectivity index (χ2n) is 4.66. The fourth-order valence-corrected chi connectivity index (χ4v) is 2.34. The molecular formula is C16H26FN3O2. The third-order valence-corrected chi connectivity index (χ3v) is 3.48. The molecule has 1 heterocycles. The second-order valence-corrected chi connectivity index (χ2v) is 4.66. The molecule has 1 saturated heterocycles. The van der Waals surface area contributed by atoms with Gasteiger partial charge in [-0.1, -0.05) is 13.8 Å². The molecule has 5 nitrogen and oxygen atoms in total. The first kappa shape index (κ1) is 18.2. The van der Waals surface area contributed by atoms with Crippen LogP contribution in [-0.2, 0) is 4.74 Å². The van der Waals surface area contributed by atoms with Gasteiger partial charge in [-0.2, -0.15) is 0 Å². The molecule has 1 fully saturated rings. The Bertz CT molecular complexity index is 492. The van der Waals surface area contributed by atoms with Gasteiger partial charge >= 0.3 is 6.09 Å². The fourth-order valence-electron chi connectivity index (χ4n) is 2.34. The molecular weight excluding hydrogens is 285 g/mol. The molecule has 0 aromatic heterocycles. The lowest BCUT2D eigenvalue weighted by molar-refractivity contribution is 0.145. The van der Waals surface area contributed by atoms with Gasteiger partial charge in [0.2, 0.25) is 0 Å². The van der Waals surface area contributed by atoms with Crippen LogP contribution < -0.4 is 15.5 Å². The number of carbonyl (C=O) groups is 1. The van der Waals surface area contributed by atoms with Crippen LogP contribution in [-0.4, -0.2) is 38.4 Å². The second kappa shape index (κ2) is 8.58. The Morgan fingerprint density at radius 1 is 1.36 bits per heavy atom. The molecule has 1 atom stereocenters. The molecule has 1 aliphatic rings. The first-order valence-electron chi connectivity index (χ1n) is 7.83. The average molecular weight is 311 g/mol. The van der Waals surface area contributed by atoms with Gasteiger partial charge in [0.25, 0.3) is 0 Å². The third kappa shape index (κ3) is 3.88. The topological polar surface area (TPSA) is 58.8 Å². The molecule has 1 aromatic rings. The lowest BCUT2D eigenvalue weighted by atomic mass is 10.2. The van der Waals surface area contributed by atoms with E-state index in [0.29, 0.717) is 17.9 Å². The number of rotatable bonds is 5. The summed E-state index contributed by atoms with van der Waals surface area (Å²) >= 11 is 0. The largest absolute Gasteiger partial charge is 0.443 e. The number of anilines is 2. The highest BCUT2D eigenvalue weighted by Gasteiger charge is 2.31. The molecule has 124 valence electrons. The molecule has 1 aliphatic heterocycles. The summed E-state index contributed by atoms with van der Waals surface area (Å²) < 4.78 is 19.3. The van der Waals surface area contributed by atoms with Gasteiger partial charge < -0.3 is 15.4 Å². The molecule has 2 rings (SSSR count). The predicted molar refractivity (Wildman–Crippen MR) is 88.0 cm³/mol. The number of amides is 1. The van der Waals surface area contributed by atoms with Gasteiger partial charge in [0, 0.05) is 19.6 Å². The SMILES string of the molecule is CC.CCN(CC)c1ccc(N2C[C@H](CN)OC2=O)cc1F. The van der Waals surface area contributed by atoms with E-state index in [4.69, 9.17) is 10.5 Å². The van der Waals surface area contributed by atoms with Crippen LogP contribution in [0.15, 0.2) is 18.2 Å². The van der Waals surface area contributed by atoms with Crippen molar-refractivity contribution in [2.75, 3.05) is 36.0 Å². The van der Waals surface area contributed by atoms with Crippen LogP contribution in [0, 0.1) is 5.82 Å². The summed E-state index contributed by atoms with van der Waals surface area (Å²) in [5, 5.41) is 0. The maximum Gasteiger partial charge on any atom is 0.414 e. The van der Waals surface area contributed by atoms with Crippen molar-refractivity contribution in [3.8, 4) is 0 Å². The third-order valence-electron chi connectivity index (χ3n) is 3.48. The lowest BCUT2D eigenvalue weighted by Gasteiger charge is -2.22. The van der Waals surface area contributed by atoms with Crippen molar-refractivity contribution >= 4 is 17.5 Å². The first-order chi connectivity index (χ1) is 10.6. The molecule has 22 heavy (non-hydrogen) atoms. The highest BCUT2D eigenvalue weighted by molar-refractivity contribution is 5.90. The van der Waals surface area contributed by atoms with Crippen LogP contribution in [0.1, 0.15) is 27.7 Å². The van der Waals surface area contributed by atoms with Crippen LogP contribution in [0.2, 0.25) is 0 Å². The summed E-state index contributed by atoms with van der Waals surface area (Å²) in [7, 11) is 0. The summed E-state index contributed by atoms with van der Waals surface area (Å²) in [5.74, 6) is -0.338. The minimum absolute atomic E-state index is 0.266. The van der Waals surface area contributed by atoms with Gasteiger partial charge in [0.05, 0.1) is 17.9 Å². The van der Waals surface area contributed by atoms with E-state index in [1.165, 1.54) is 11.0 Å². The number of nitrogens with two attached hydrogens (primary N) is 1. The summed E-state index contributed by atoms with van der Waals surface area (Å²) in [6.45, 7) is 10.0. The summed E-state index contributed by atoms with van der Waals surface area (Å²) in [5.41, 5.74) is 6.52. The van der Waals surface area contributed by atoms with Gasteiger partial charge in [0.15, 0.2) is 0 Å². The highest BCUT2D eigenvalue weighted by Crippen LogP contribution is 2.27. The van der Waals surface area contributed by atoms with Crippen molar-refractivity contribution in [2.24, 2.45) is 5.73 Å². The fraction of sp³-hybridized carbons (Fsp3) is 0.562. The number of hydrogen-bond acceptors (Lipinski definition) is 4. The quantitative estimate of drug-likeness (QED) is 0.908. The number of hydrogen-bond donors (Lipinski definition) is 1. The molecule has 0 bridgehead atoms. The molecule has 0 aliphatic carbocycles. The zero-order valence-corrected chi connectivity index (χ0v) is 13.8. The van der Waals surface area contributed by atoms with E-state index in [9.17, 15) is 9.18 Å². The van der Waals surface area contributed by atoms with Crippen molar-refractivity contribution < 1.29 is 13.9 Å². The monoisotopic (exact) mass is 311 g/mol. The molecule has 2 N–H and O–H groups in total. The van der Waals surface area contributed by atoms with Crippen LogP contribution >= 0.6 is 0 Å². The average Bonchev–Trinajstić information content (AvgIpc) is 2.93. The van der Waals surface area contributed by atoms with E-state index in [-0.39, 0.29) is 18.5 Å². The molecule has 0 radical (unpaired) electrons. The van der Waals surface area contributed by atoms with Crippen molar-refractivity contribution in [1.82, 2.24) is 0 Å².